The molecule has 4 heteroatoms. The van der Waals surface area contributed by atoms with Crippen molar-refractivity contribution in [1.82, 2.24) is 9.55 Å². The zero-order chi connectivity index (χ0) is 14.8. The van der Waals surface area contributed by atoms with E-state index in [2.05, 4.69) is 28.6 Å². The highest BCUT2D eigenvalue weighted by Crippen LogP contribution is 2.29. The lowest BCUT2D eigenvalue weighted by Crippen LogP contribution is -2.33. The van der Waals surface area contributed by atoms with Gasteiger partial charge in [0.1, 0.15) is 0 Å². The number of nitrogens with two attached hydrogens (primary N) is 1. The first-order valence-corrected chi connectivity index (χ1v) is 8.14. The lowest BCUT2D eigenvalue weighted by molar-refractivity contribution is 0.442. The van der Waals surface area contributed by atoms with Crippen LogP contribution in [-0.4, -0.2) is 15.6 Å². The molecule has 1 aromatic heterocycles. The Morgan fingerprint density at radius 3 is 2.67 bits per heavy atom. The van der Waals surface area contributed by atoms with Crippen LogP contribution in [0.3, 0.4) is 0 Å². The summed E-state index contributed by atoms with van der Waals surface area (Å²) in [7, 11) is 0. The predicted octanol–water partition coefficient (Wildman–Crippen LogP) is 3.74. The Kier molecular flexibility index (Phi) is 4.32. The van der Waals surface area contributed by atoms with Crippen LogP contribution >= 0.6 is 11.6 Å². The second kappa shape index (κ2) is 6.20. The van der Waals surface area contributed by atoms with Crippen molar-refractivity contribution in [2.45, 2.75) is 51.1 Å². The Bertz CT molecular complexity index is 603. The fourth-order valence-corrected chi connectivity index (χ4v) is 3.36. The predicted molar refractivity (Wildman–Crippen MR) is 86.7 cm³/mol. The van der Waals surface area contributed by atoms with Gasteiger partial charge < -0.3 is 10.3 Å². The number of aryl methyl sites for hydroxylation is 1. The van der Waals surface area contributed by atoms with Crippen molar-refractivity contribution < 1.29 is 0 Å². The molecule has 0 saturated heterocycles. The number of aromatic nitrogens is 2. The molecule has 112 valence electrons. The van der Waals surface area contributed by atoms with Gasteiger partial charge in [0.2, 0.25) is 0 Å². The molecule has 0 radical (unpaired) electrons. The van der Waals surface area contributed by atoms with Crippen LogP contribution in [0, 0.1) is 0 Å². The molecule has 1 heterocycles. The number of imidazole rings is 1. The second-order valence-corrected chi connectivity index (χ2v) is 6.26. The number of halogens is 1. The minimum Gasteiger partial charge on any atom is -0.326 e. The van der Waals surface area contributed by atoms with E-state index >= 15 is 0 Å². The molecule has 0 amide bonds. The molecule has 3 nitrogen and oxygen atoms in total. The molecule has 2 atom stereocenters. The number of nitrogens with zero attached hydrogens (tertiary/aromatic N) is 2. The third kappa shape index (κ3) is 2.85. The van der Waals surface area contributed by atoms with Crippen molar-refractivity contribution >= 4 is 11.6 Å². The molecule has 1 aliphatic carbocycles. The van der Waals surface area contributed by atoms with Gasteiger partial charge in [-0.25, -0.2) is 4.98 Å². The van der Waals surface area contributed by atoms with E-state index in [1.54, 1.807) is 0 Å². The summed E-state index contributed by atoms with van der Waals surface area (Å²) in [5.41, 5.74) is 10.3. The quantitative estimate of drug-likeness (QED) is 0.935. The highest BCUT2D eigenvalue weighted by Gasteiger charge is 2.25. The summed E-state index contributed by atoms with van der Waals surface area (Å²) in [6.07, 6.45) is 7.60. The fourth-order valence-electron chi connectivity index (χ4n) is 3.23. The molecule has 0 spiro atoms. The first-order chi connectivity index (χ1) is 10.2. The smallest absolute Gasteiger partial charge is 0.0957 e. The van der Waals surface area contributed by atoms with Crippen molar-refractivity contribution in [3.05, 3.63) is 52.6 Å². The zero-order valence-electron chi connectivity index (χ0n) is 12.4. The summed E-state index contributed by atoms with van der Waals surface area (Å²) in [4.78, 5) is 4.62. The van der Waals surface area contributed by atoms with E-state index < -0.39 is 0 Å². The number of hydrogen-bond acceptors (Lipinski definition) is 2. The summed E-state index contributed by atoms with van der Waals surface area (Å²) in [6, 6.07) is 8.26. The zero-order valence-corrected chi connectivity index (χ0v) is 13.2. The van der Waals surface area contributed by atoms with E-state index in [9.17, 15) is 0 Å². The molecule has 0 aliphatic heterocycles. The molecule has 0 bridgehead atoms. The van der Waals surface area contributed by atoms with Crippen molar-refractivity contribution in [1.29, 1.82) is 0 Å². The molecule has 0 fully saturated rings. The molecule has 3 rings (SSSR count). The van der Waals surface area contributed by atoms with Gasteiger partial charge in [0, 0.05) is 16.8 Å². The van der Waals surface area contributed by atoms with Crippen LogP contribution in [0.25, 0.3) is 0 Å². The largest absolute Gasteiger partial charge is 0.326 e. The minimum atomic E-state index is 0.0754. The minimum absolute atomic E-state index is 0.0754. The highest BCUT2D eigenvalue weighted by molar-refractivity contribution is 6.30. The Morgan fingerprint density at radius 1 is 1.24 bits per heavy atom. The van der Waals surface area contributed by atoms with Crippen molar-refractivity contribution in [2.75, 3.05) is 0 Å². The van der Waals surface area contributed by atoms with Gasteiger partial charge in [-0.05, 0) is 49.8 Å². The van der Waals surface area contributed by atoms with E-state index in [0.29, 0.717) is 0 Å². The number of hydrogen-bond donors (Lipinski definition) is 1. The lowest BCUT2D eigenvalue weighted by atomic mass is 9.95. The molecule has 1 aromatic carbocycles. The van der Waals surface area contributed by atoms with Gasteiger partial charge >= 0.3 is 0 Å². The monoisotopic (exact) mass is 303 g/mol. The summed E-state index contributed by atoms with van der Waals surface area (Å²) >= 11 is 6.02. The first-order valence-electron chi connectivity index (χ1n) is 7.76. The average molecular weight is 304 g/mol. The number of rotatable bonds is 4. The van der Waals surface area contributed by atoms with Gasteiger partial charge in [0.05, 0.1) is 18.1 Å². The molecule has 2 aromatic rings. The first kappa shape index (κ1) is 14.6. The van der Waals surface area contributed by atoms with E-state index in [1.807, 2.05) is 18.5 Å². The van der Waals surface area contributed by atoms with Gasteiger partial charge in [-0.1, -0.05) is 30.7 Å². The van der Waals surface area contributed by atoms with Crippen LogP contribution in [0.1, 0.15) is 49.2 Å². The Balaban J connectivity index is 2.03. The summed E-state index contributed by atoms with van der Waals surface area (Å²) in [5, 5.41) is 0.759. The topological polar surface area (TPSA) is 43.8 Å². The maximum atomic E-state index is 6.43. The Morgan fingerprint density at radius 2 is 1.95 bits per heavy atom. The van der Waals surface area contributed by atoms with Gasteiger partial charge in [-0.3, -0.25) is 0 Å². The van der Waals surface area contributed by atoms with Crippen LogP contribution in [0.5, 0.6) is 0 Å². The van der Waals surface area contributed by atoms with Gasteiger partial charge in [-0.15, -0.1) is 0 Å². The van der Waals surface area contributed by atoms with Crippen LogP contribution in [0.15, 0.2) is 30.6 Å². The van der Waals surface area contributed by atoms with E-state index in [0.717, 1.165) is 24.3 Å². The number of benzene rings is 1. The van der Waals surface area contributed by atoms with Crippen LogP contribution in [-0.2, 0) is 12.8 Å². The van der Waals surface area contributed by atoms with Crippen molar-refractivity contribution in [2.24, 2.45) is 5.73 Å². The average Bonchev–Trinajstić information content (AvgIpc) is 2.93. The maximum absolute atomic E-state index is 6.43. The van der Waals surface area contributed by atoms with Gasteiger partial charge in [0.15, 0.2) is 0 Å². The molecule has 2 N–H and O–H groups in total. The van der Waals surface area contributed by atoms with Crippen LogP contribution in [0.4, 0.5) is 0 Å². The van der Waals surface area contributed by atoms with E-state index in [4.69, 9.17) is 17.3 Å². The van der Waals surface area contributed by atoms with Crippen LogP contribution < -0.4 is 5.73 Å². The SMILES string of the molecule is CCC(N)C(c1ccc(Cl)cc1)n1cnc2c1CCCC2. The summed E-state index contributed by atoms with van der Waals surface area (Å²) in [6.45, 7) is 2.14. The van der Waals surface area contributed by atoms with Gasteiger partial charge in [-0.2, -0.15) is 0 Å². The third-order valence-corrected chi connectivity index (χ3v) is 4.70. The van der Waals surface area contributed by atoms with Crippen molar-refractivity contribution in [3.63, 3.8) is 0 Å². The molecule has 2 unspecified atom stereocenters. The Labute approximate surface area is 131 Å². The molecular weight excluding hydrogens is 282 g/mol. The highest BCUT2D eigenvalue weighted by atomic mass is 35.5. The maximum Gasteiger partial charge on any atom is 0.0957 e. The standard InChI is InChI=1S/C17H22ClN3/c1-2-14(19)17(12-7-9-13(18)10-8-12)21-11-20-15-5-3-4-6-16(15)21/h7-11,14,17H,2-6,19H2,1H3. The molecule has 21 heavy (non-hydrogen) atoms. The molecule has 1 aliphatic rings. The summed E-state index contributed by atoms with van der Waals surface area (Å²) in [5.74, 6) is 0. The Hall–Kier alpha value is -1.32. The van der Waals surface area contributed by atoms with Crippen LogP contribution in [0.2, 0.25) is 5.02 Å². The summed E-state index contributed by atoms with van der Waals surface area (Å²) < 4.78 is 2.30. The van der Waals surface area contributed by atoms with E-state index in [1.165, 1.54) is 29.8 Å². The second-order valence-electron chi connectivity index (χ2n) is 5.82. The molecule has 0 saturated carbocycles. The number of fused-ring (bicyclic) bond motifs is 1. The fraction of sp³-hybridized carbons (Fsp3) is 0.471. The van der Waals surface area contributed by atoms with E-state index in [-0.39, 0.29) is 12.1 Å². The normalized spacial score (nSPS) is 17.3. The lowest BCUT2D eigenvalue weighted by Gasteiger charge is -2.28. The van der Waals surface area contributed by atoms with Crippen molar-refractivity contribution in [3.8, 4) is 0 Å². The molecular formula is C17H22ClN3. The van der Waals surface area contributed by atoms with Gasteiger partial charge in [0.25, 0.3) is 0 Å². The third-order valence-electron chi connectivity index (χ3n) is 4.45.